The van der Waals surface area contributed by atoms with Crippen LogP contribution in [0.2, 0.25) is 0 Å². The highest BCUT2D eigenvalue weighted by Gasteiger charge is 2.30. The molecule has 1 aliphatic rings. The fraction of sp³-hybridized carbons (Fsp3) is 0.579. The van der Waals surface area contributed by atoms with Crippen LogP contribution in [-0.2, 0) is 20.9 Å². The number of carbonyl (C=O) groups is 2. The summed E-state index contributed by atoms with van der Waals surface area (Å²) >= 11 is 1.48. The second-order valence-electron chi connectivity index (χ2n) is 6.82. The Balaban J connectivity index is 2.07. The van der Waals surface area contributed by atoms with Gasteiger partial charge in [0.1, 0.15) is 0 Å². The highest BCUT2D eigenvalue weighted by atomic mass is 32.2. The van der Waals surface area contributed by atoms with Crippen LogP contribution in [0.15, 0.2) is 30.3 Å². The van der Waals surface area contributed by atoms with E-state index in [4.69, 9.17) is 4.74 Å². The van der Waals surface area contributed by atoms with Gasteiger partial charge >= 0.3 is 0 Å². The Morgan fingerprint density at radius 1 is 1.28 bits per heavy atom. The van der Waals surface area contributed by atoms with Crippen LogP contribution in [0.25, 0.3) is 0 Å². The largest absolute Gasteiger partial charge is 0.370 e. The third-order valence-electron chi connectivity index (χ3n) is 4.06. The van der Waals surface area contributed by atoms with Crippen LogP contribution in [-0.4, -0.2) is 65.9 Å². The second kappa shape index (κ2) is 9.82. The zero-order chi connectivity index (χ0) is 18.2. The minimum Gasteiger partial charge on any atom is -0.370 e. The number of rotatable bonds is 7. The van der Waals surface area contributed by atoms with Gasteiger partial charge in [0.15, 0.2) is 0 Å². The number of ether oxygens (including phenoxy) is 1. The van der Waals surface area contributed by atoms with E-state index >= 15 is 0 Å². The van der Waals surface area contributed by atoms with Gasteiger partial charge in [0.05, 0.1) is 25.0 Å². The Kier molecular flexibility index (Phi) is 7.78. The quantitative estimate of drug-likeness (QED) is 0.745. The van der Waals surface area contributed by atoms with E-state index in [0.717, 1.165) is 5.56 Å². The molecule has 0 saturated carbocycles. The SMILES string of the molecule is CSCC(=O)N1CC(=O)N(CC(C)C)CC(OCc2ccccc2)C1. The lowest BCUT2D eigenvalue weighted by Crippen LogP contribution is -2.41. The zero-order valence-electron chi connectivity index (χ0n) is 15.3. The van der Waals surface area contributed by atoms with E-state index in [0.29, 0.717) is 37.9 Å². The summed E-state index contributed by atoms with van der Waals surface area (Å²) < 4.78 is 6.07. The molecule has 0 spiro atoms. The van der Waals surface area contributed by atoms with Gasteiger partial charge < -0.3 is 14.5 Å². The summed E-state index contributed by atoms with van der Waals surface area (Å²) in [5, 5.41) is 0. The van der Waals surface area contributed by atoms with E-state index in [1.54, 1.807) is 4.90 Å². The number of thioether (sulfide) groups is 1. The molecule has 1 aromatic rings. The first-order chi connectivity index (χ1) is 12.0. The van der Waals surface area contributed by atoms with Gasteiger partial charge in [-0.1, -0.05) is 44.2 Å². The Bertz CT molecular complexity index is 565. The molecule has 1 aromatic carbocycles. The molecule has 1 aliphatic heterocycles. The normalized spacial score (nSPS) is 18.6. The first kappa shape index (κ1) is 19.8. The lowest BCUT2D eigenvalue weighted by atomic mass is 10.2. The van der Waals surface area contributed by atoms with Gasteiger partial charge in [-0.3, -0.25) is 9.59 Å². The monoisotopic (exact) mass is 364 g/mol. The van der Waals surface area contributed by atoms with Crippen molar-refractivity contribution in [3.8, 4) is 0 Å². The molecule has 138 valence electrons. The molecule has 0 bridgehead atoms. The lowest BCUT2D eigenvalue weighted by Gasteiger charge is -2.26. The third kappa shape index (κ3) is 6.36. The number of nitrogens with zero attached hydrogens (tertiary/aromatic N) is 2. The van der Waals surface area contributed by atoms with Gasteiger partial charge in [-0.05, 0) is 17.7 Å². The minimum absolute atomic E-state index is 0.000517. The van der Waals surface area contributed by atoms with Crippen LogP contribution in [0.1, 0.15) is 19.4 Å². The van der Waals surface area contributed by atoms with Gasteiger partial charge in [-0.2, -0.15) is 11.8 Å². The van der Waals surface area contributed by atoms with Crippen molar-refractivity contribution < 1.29 is 14.3 Å². The average molecular weight is 365 g/mol. The van der Waals surface area contributed by atoms with Gasteiger partial charge in [0.2, 0.25) is 11.8 Å². The van der Waals surface area contributed by atoms with E-state index in [2.05, 4.69) is 13.8 Å². The van der Waals surface area contributed by atoms with Crippen molar-refractivity contribution in [3.63, 3.8) is 0 Å². The highest BCUT2D eigenvalue weighted by Crippen LogP contribution is 2.14. The van der Waals surface area contributed by atoms with Crippen LogP contribution < -0.4 is 0 Å². The molecule has 2 amide bonds. The molecule has 0 radical (unpaired) electrons. The summed E-state index contributed by atoms with van der Waals surface area (Å²) in [6, 6.07) is 9.97. The molecule has 1 unspecified atom stereocenters. The fourth-order valence-corrected chi connectivity index (χ4v) is 3.32. The van der Waals surface area contributed by atoms with Gasteiger partial charge in [0, 0.05) is 19.6 Å². The number of carbonyl (C=O) groups excluding carboxylic acids is 2. The smallest absolute Gasteiger partial charge is 0.242 e. The Labute approximate surface area is 154 Å². The summed E-state index contributed by atoms with van der Waals surface area (Å²) in [5.74, 6) is 0.782. The summed E-state index contributed by atoms with van der Waals surface area (Å²) in [5.41, 5.74) is 1.09. The molecule has 6 heteroatoms. The maximum Gasteiger partial charge on any atom is 0.242 e. The van der Waals surface area contributed by atoms with E-state index in [1.165, 1.54) is 11.8 Å². The maximum atomic E-state index is 12.6. The zero-order valence-corrected chi connectivity index (χ0v) is 16.1. The summed E-state index contributed by atoms with van der Waals surface area (Å²) in [4.78, 5) is 28.4. The van der Waals surface area contributed by atoms with Crippen molar-refractivity contribution >= 4 is 23.6 Å². The van der Waals surface area contributed by atoms with Crippen molar-refractivity contribution in [2.24, 2.45) is 5.92 Å². The summed E-state index contributed by atoms with van der Waals surface area (Å²) in [6.07, 6.45) is 1.72. The van der Waals surface area contributed by atoms with E-state index in [-0.39, 0.29) is 24.5 Å². The molecular weight excluding hydrogens is 336 g/mol. The molecule has 1 atom stereocenters. The third-order valence-corrected chi connectivity index (χ3v) is 4.60. The molecule has 0 aromatic heterocycles. The fourth-order valence-electron chi connectivity index (χ4n) is 2.89. The standard InChI is InChI=1S/C19H28N2O3S/c1-15(2)9-20-10-17(24-13-16-7-5-4-6-8-16)11-21(12-18(20)22)19(23)14-25-3/h4-8,15,17H,9-14H2,1-3H3. The van der Waals surface area contributed by atoms with Crippen LogP contribution in [0, 0.1) is 5.92 Å². The summed E-state index contributed by atoms with van der Waals surface area (Å²) in [7, 11) is 0. The van der Waals surface area contributed by atoms with Crippen molar-refractivity contribution in [1.82, 2.24) is 9.80 Å². The van der Waals surface area contributed by atoms with Crippen molar-refractivity contribution in [2.45, 2.75) is 26.6 Å². The number of hydrogen-bond donors (Lipinski definition) is 0. The van der Waals surface area contributed by atoms with Crippen molar-refractivity contribution in [2.75, 3.05) is 38.2 Å². The molecule has 1 saturated heterocycles. The first-order valence-corrected chi connectivity index (χ1v) is 10.1. The van der Waals surface area contributed by atoms with E-state index in [1.807, 2.05) is 41.5 Å². The van der Waals surface area contributed by atoms with Crippen molar-refractivity contribution in [3.05, 3.63) is 35.9 Å². The maximum absolute atomic E-state index is 12.6. The van der Waals surface area contributed by atoms with Crippen molar-refractivity contribution in [1.29, 1.82) is 0 Å². The van der Waals surface area contributed by atoms with E-state index in [9.17, 15) is 9.59 Å². The predicted molar refractivity (Wildman–Crippen MR) is 101 cm³/mol. The number of benzene rings is 1. The predicted octanol–water partition coefficient (Wildman–Crippen LogP) is 2.26. The lowest BCUT2D eigenvalue weighted by molar-refractivity contribution is -0.137. The number of hydrogen-bond acceptors (Lipinski definition) is 4. The molecule has 0 N–H and O–H groups in total. The molecular formula is C19H28N2O3S. The second-order valence-corrected chi connectivity index (χ2v) is 7.68. The van der Waals surface area contributed by atoms with Crippen LogP contribution >= 0.6 is 11.8 Å². The Morgan fingerprint density at radius 2 is 2.00 bits per heavy atom. The topological polar surface area (TPSA) is 49.9 Å². The molecule has 5 nitrogen and oxygen atoms in total. The molecule has 2 rings (SSSR count). The Hall–Kier alpha value is -1.53. The molecule has 25 heavy (non-hydrogen) atoms. The molecule has 1 fully saturated rings. The first-order valence-electron chi connectivity index (χ1n) is 8.69. The molecule has 0 aliphatic carbocycles. The van der Waals surface area contributed by atoms with Gasteiger partial charge in [-0.15, -0.1) is 0 Å². The van der Waals surface area contributed by atoms with Crippen LogP contribution in [0.3, 0.4) is 0 Å². The van der Waals surface area contributed by atoms with Gasteiger partial charge in [-0.25, -0.2) is 0 Å². The average Bonchev–Trinajstić information content (AvgIpc) is 2.73. The number of amides is 2. The Morgan fingerprint density at radius 3 is 2.64 bits per heavy atom. The van der Waals surface area contributed by atoms with Gasteiger partial charge in [0.25, 0.3) is 0 Å². The highest BCUT2D eigenvalue weighted by molar-refractivity contribution is 7.99. The molecule has 1 heterocycles. The van der Waals surface area contributed by atoms with Crippen LogP contribution in [0.5, 0.6) is 0 Å². The van der Waals surface area contributed by atoms with E-state index < -0.39 is 0 Å². The minimum atomic E-state index is -0.170. The van der Waals surface area contributed by atoms with Crippen LogP contribution in [0.4, 0.5) is 0 Å². The summed E-state index contributed by atoms with van der Waals surface area (Å²) in [6.45, 7) is 6.51.